The second kappa shape index (κ2) is 11.4. The molecule has 2 aromatic carbocycles. The highest BCUT2D eigenvalue weighted by molar-refractivity contribution is 5.89. The van der Waals surface area contributed by atoms with Crippen LogP contribution in [0.25, 0.3) is 11.1 Å². The lowest BCUT2D eigenvalue weighted by Crippen LogP contribution is -2.55. The monoisotopic (exact) mass is 480 g/mol. The summed E-state index contributed by atoms with van der Waals surface area (Å²) in [6, 6.07) is 14.0. The number of rotatable bonds is 9. The molecule has 8 heteroatoms. The maximum Gasteiger partial charge on any atom is 0.407 e. The number of carbonyl (C=O) groups is 3. The maximum atomic E-state index is 12.9. The van der Waals surface area contributed by atoms with Crippen molar-refractivity contribution in [1.29, 1.82) is 0 Å². The Hall–Kier alpha value is -3.39. The van der Waals surface area contributed by atoms with E-state index in [9.17, 15) is 19.5 Å². The third-order valence-corrected chi connectivity index (χ3v) is 6.97. The van der Waals surface area contributed by atoms with Crippen LogP contribution in [-0.2, 0) is 19.1 Å². The van der Waals surface area contributed by atoms with Gasteiger partial charge >= 0.3 is 12.1 Å². The molecule has 3 N–H and O–H groups in total. The van der Waals surface area contributed by atoms with E-state index in [-0.39, 0.29) is 25.0 Å². The number of carboxylic acid groups (broad SMARTS) is 1. The van der Waals surface area contributed by atoms with Gasteiger partial charge in [0.2, 0.25) is 5.91 Å². The minimum absolute atomic E-state index is 0.104. The third kappa shape index (κ3) is 5.65. The molecule has 2 aliphatic carbocycles. The van der Waals surface area contributed by atoms with Crippen LogP contribution in [0, 0.1) is 5.92 Å². The van der Waals surface area contributed by atoms with Crippen LogP contribution in [0.3, 0.4) is 0 Å². The molecule has 0 spiro atoms. The Bertz CT molecular complexity index is 1020. The van der Waals surface area contributed by atoms with Gasteiger partial charge in [-0.25, -0.2) is 9.59 Å². The number of aliphatic carboxylic acids is 1. The molecule has 0 heterocycles. The topological polar surface area (TPSA) is 114 Å². The molecule has 4 rings (SSSR count). The average molecular weight is 481 g/mol. The number of fused-ring (bicyclic) bond motifs is 3. The Balaban J connectivity index is 1.38. The van der Waals surface area contributed by atoms with Gasteiger partial charge in [0.1, 0.15) is 18.7 Å². The number of nitrogens with one attached hydrogen (secondary N) is 2. The first-order valence-electron chi connectivity index (χ1n) is 12.1. The summed E-state index contributed by atoms with van der Waals surface area (Å²) >= 11 is 0. The molecule has 1 fully saturated rings. The number of amides is 2. The molecule has 0 aliphatic heterocycles. The second-order valence-electron chi connectivity index (χ2n) is 9.20. The van der Waals surface area contributed by atoms with Crippen LogP contribution in [0.1, 0.15) is 49.1 Å². The summed E-state index contributed by atoms with van der Waals surface area (Å²) in [5, 5.41) is 14.8. The predicted octanol–water partition coefficient (Wildman–Crippen LogP) is 3.69. The van der Waals surface area contributed by atoms with E-state index in [1.165, 1.54) is 7.11 Å². The van der Waals surface area contributed by atoms with E-state index in [0.717, 1.165) is 54.4 Å². The fourth-order valence-corrected chi connectivity index (χ4v) is 5.23. The van der Waals surface area contributed by atoms with Crippen molar-refractivity contribution in [2.45, 2.75) is 50.1 Å². The Labute approximate surface area is 205 Å². The van der Waals surface area contributed by atoms with Crippen molar-refractivity contribution in [3.8, 4) is 11.1 Å². The van der Waals surface area contributed by atoms with Crippen LogP contribution >= 0.6 is 0 Å². The summed E-state index contributed by atoms with van der Waals surface area (Å²) in [5.41, 5.74) is 4.42. The van der Waals surface area contributed by atoms with Crippen LogP contribution in [0.5, 0.6) is 0 Å². The van der Waals surface area contributed by atoms with Gasteiger partial charge in [0.25, 0.3) is 0 Å². The minimum atomic E-state index is -1.07. The molecule has 35 heavy (non-hydrogen) atoms. The second-order valence-corrected chi connectivity index (χ2v) is 9.20. The van der Waals surface area contributed by atoms with E-state index in [4.69, 9.17) is 9.47 Å². The molecule has 8 nitrogen and oxygen atoms in total. The SMILES string of the molecule is COC[C@H](NC(=O)OCC1c2ccccc2-c2ccccc21)C(=O)NC(C(=O)O)C1CCCCC1. The molecule has 2 aromatic rings. The van der Waals surface area contributed by atoms with E-state index < -0.39 is 30.1 Å². The Kier molecular flexibility index (Phi) is 8.02. The summed E-state index contributed by atoms with van der Waals surface area (Å²) in [5.74, 6) is -1.89. The number of carbonyl (C=O) groups excluding carboxylic acids is 2. The summed E-state index contributed by atoms with van der Waals surface area (Å²) in [4.78, 5) is 37.4. The average Bonchev–Trinajstić information content (AvgIpc) is 3.19. The molecule has 1 unspecified atom stereocenters. The van der Waals surface area contributed by atoms with E-state index in [1.807, 2.05) is 36.4 Å². The summed E-state index contributed by atoms with van der Waals surface area (Å²) in [6.07, 6.45) is 3.73. The lowest BCUT2D eigenvalue weighted by molar-refractivity contribution is -0.144. The third-order valence-electron chi connectivity index (χ3n) is 6.97. The van der Waals surface area contributed by atoms with Crippen LogP contribution in [0.2, 0.25) is 0 Å². The van der Waals surface area contributed by atoms with Gasteiger partial charge < -0.3 is 25.2 Å². The Morgan fingerprint density at radius 2 is 1.54 bits per heavy atom. The van der Waals surface area contributed by atoms with Crippen molar-refractivity contribution < 1.29 is 29.0 Å². The molecule has 0 aromatic heterocycles. The summed E-state index contributed by atoms with van der Waals surface area (Å²) in [7, 11) is 1.41. The molecule has 0 saturated heterocycles. The van der Waals surface area contributed by atoms with Gasteiger partial charge in [-0.05, 0) is 41.0 Å². The molecular formula is C27H32N2O6. The molecule has 0 bridgehead atoms. The van der Waals surface area contributed by atoms with Gasteiger partial charge in [0.05, 0.1) is 6.61 Å². The van der Waals surface area contributed by atoms with Crippen molar-refractivity contribution in [1.82, 2.24) is 10.6 Å². The number of hydrogen-bond acceptors (Lipinski definition) is 5. The van der Waals surface area contributed by atoms with Crippen molar-refractivity contribution in [3.05, 3.63) is 59.7 Å². The Morgan fingerprint density at radius 3 is 2.11 bits per heavy atom. The van der Waals surface area contributed by atoms with Gasteiger partial charge in [0, 0.05) is 13.0 Å². The number of alkyl carbamates (subject to hydrolysis) is 1. The lowest BCUT2D eigenvalue weighted by atomic mass is 9.84. The largest absolute Gasteiger partial charge is 0.480 e. The highest BCUT2D eigenvalue weighted by Crippen LogP contribution is 2.44. The van der Waals surface area contributed by atoms with Crippen LogP contribution < -0.4 is 10.6 Å². The maximum absolute atomic E-state index is 12.9. The minimum Gasteiger partial charge on any atom is -0.480 e. The van der Waals surface area contributed by atoms with Crippen LogP contribution in [-0.4, -0.2) is 55.5 Å². The molecule has 2 atom stereocenters. The van der Waals surface area contributed by atoms with E-state index in [1.54, 1.807) is 0 Å². The fourth-order valence-electron chi connectivity index (χ4n) is 5.23. The van der Waals surface area contributed by atoms with Crippen LogP contribution in [0.4, 0.5) is 4.79 Å². The first-order valence-corrected chi connectivity index (χ1v) is 12.1. The van der Waals surface area contributed by atoms with Gasteiger partial charge in [-0.15, -0.1) is 0 Å². The van der Waals surface area contributed by atoms with E-state index in [2.05, 4.69) is 22.8 Å². The predicted molar refractivity (Wildman–Crippen MR) is 130 cm³/mol. The van der Waals surface area contributed by atoms with Crippen molar-refractivity contribution in [3.63, 3.8) is 0 Å². The molecule has 1 saturated carbocycles. The zero-order valence-electron chi connectivity index (χ0n) is 19.9. The number of methoxy groups -OCH3 is 1. The molecular weight excluding hydrogens is 448 g/mol. The smallest absolute Gasteiger partial charge is 0.407 e. The summed E-state index contributed by atoms with van der Waals surface area (Å²) in [6.45, 7) is 0.00798. The van der Waals surface area contributed by atoms with Gasteiger partial charge in [-0.2, -0.15) is 0 Å². The van der Waals surface area contributed by atoms with E-state index in [0.29, 0.717) is 0 Å². The van der Waals surface area contributed by atoms with Crippen molar-refractivity contribution in [2.75, 3.05) is 20.3 Å². The van der Waals surface area contributed by atoms with Crippen molar-refractivity contribution in [2.24, 2.45) is 5.92 Å². The first kappa shape index (κ1) is 24.7. The van der Waals surface area contributed by atoms with Gasteiger partial charge in [-0.1, -0.05) is 67.8 Å². The lowest BCUT2D eigenvalue weighted by Gasteiger charge is -2.29. The standard InChI is InChI=1S/C27H32N2O6/c1-34-16-23(25(30)29-24(26(31)32)17-9-3-2-4-10-17)28-27(33)35-15-22-20-13-7-5-11-18(20)19-12-6-8-14-21(19)22/h5-8,11-14,17,22-24H,2-4,9-10,15-16H2,1H3,(H,28,33)(H,29,30)(H,31,32)/t23-,24?/m0/s1. The summed E-state index contributed by atoms with van der Waals surface area (Å²) < 4.78 is 10.6. The van der Waals surface area contributed by atoms with E-state index >= 15 is 0 Å². The van der Waals surface area contributed by atoms with Gasteiger partial charge in [-0.3, -0.25) is 4.79 Å². The molecule has 2 amide bonds. The molecule has 2 aliphatic rings. The number of hydrogen-bond donors (Lipinski definition) is 3. The Morgan fingerprint density at radius 1 is 0.943 bits per heavy atom. The normalized spacial score (nSPS) is 17.1. The quantitative estimate of drug-likeness (QED) is 0.504. The highest BCUT2D eigenvalue weighted by atomic mass is 16.5. The number of carboxylic acids is 1. The number of benzene rings is 2. The van der Waals surface area contributed by atoms with Gasteiger partial charge in [0.15, 0.2) is 0 Å². The highest BCUT2D eigenvalue weighted by Gasteiger charge is 2.34. The van der Waals surface area contributed by atoms with Crippen LogP contribution in [0.15, 0.2) is 48.5 Å². The zero-order chi connectivity index (χ0) is 24.8. The first-order chi connectivity index (χ1) is 17.0. The molecule has 0 radical (unpaired) electrons. The number of ether oxygens (including phenoxy) is 2. The van der Waals surface area contributed by atoms with Crippen molar-refractivity contribution >= 4 is 18.0 Å². The zero-order valence-corrected chi connectivity index (χ0v) is 19.9. The fraction of sp³-hybridized carbons (Fsp3) is 0.444. The molecule has 186 valence electrons.